The quantitative estimate of drug-likeness (QED) is 0.717. The van der Waals surface area contributed by atoms with Crippen molar-refractivity contribution in [3.63, 3.8) is 0 Å². The zero-order valence-electron chi connectivity index (χ0n) is 12.2. The Labute approximate surface area is 153 Å². The number of amides is 2. The molecule has 0 aliphatic rings. The summed E-state index contributed by atoms with van der Waals surface area (Å²) in [5, 5.41) is 6.49. The van der Waals surface area contributed by atoms with E-state index in [-0.39, 0.29) is 6.03 Å². The van der Waals surface area contributed by atoms with E-state index in [1.807, 2.05) is 0 Å². The van der Waals surface area contributed by atoms with E-state index in [1.165, 1.54) is 18.8 Å². The Balaban J connectivity index is 2.34. The van der Waals surface area contributed by atoms with Crippen molar-refractivity contribution < 1.29 is 9.53 Å². The third-order valence-corrected chi connectivity index (χ3v) is 5.06. The maximum absolute atomic E-state index is 11.4. The van der Waals surface area contributed by atoms with Crippen LogP contribution in [-0.4, -0.2) is 20.2 Å². The van der Waals surface area contributed by atoms with Crippen LogP contribution in [0.4, 0.5) is 10.5 Å². The standard InChI is InChI=1S/C15H13Cl3N2O2S/c1-19-15(21)20-9-6-10(17)14(11(18)7-9)23-13-5-8(16)3-4-12(13)22-2/h3-7H,1-2H3,(H2,19,20,21). The fraction of sp³-hybridized carbons (Fsp3) is 0.133. The average molecular weight is 392 g/mol. The lowest BCUT2D eigenvalue weighted by atomic mass is 10.3. The number of rotatable bonds is 4. The molecule has 0 aliphatic heterocycles. The summed E-state index contributed by atoms with van der Waals surface area (Å²) < 4.78 is 5.31. The molecule has 0 saturated heterocycles. The Morgan fingerprint density at radius 3 is 2.35 bits per heavy atom. The summed E-state index contributed by atoms with van der Waals surface area (Å²) in [6.45, 7) is 0. The molecule has 0 saturated carbocycles. The van der Waals surface area contributed by atoms with Crippen molar-refractivity contribution in [3.8, 4) is 5.75 Å². The van der Waals surface area contributed by atoms with Crippen LogP contribution >= 0.6 is 46.6 Å². The fourth-order valence-electron chi connectivity index (χ4n) is 1.76. The number of benzene rings is 2. The molecule has 23 heavy (non-hydrogen) atoms. The highest BCUT2D eigenvalue weighted by Gasteiger charge is 2.14. The molecule has 2 rings (SSSR count). The molecular weight excluding hydrogens is 379 g/mol. The van der Waals surface area contributed by atoms with E-state index in [2.05, 4.69) is 10.6 Å². The van der Waals surface area contributed by atoms with Crippen molar-refractivity contribution in [3.05, 3.63) is 45.4 Å². The molecule has 0 unspecified atom stereocenters. The van der Waals surface area contributed by atoms with Gasteiger partial charge in [0.2, 0.25) is 0 Å². The molecule has 2 amide bonds. The molecule has 8 heteroatoms. The molecule has 2 N–H and O–H groups in total. The number of anilines is 1. The van der Waals surface area contributed by atoms with E-state index < -0.39 is 0 Å². The number of urea groups is 1. The third-order valence-electron chi connectivity index (χ3n) is 2.82. The highest BCUT2D eigenvalue weighted by molar-refractivity contribution is 7.99. The van der Waals surface area contributed by atoms with E-state index in [0.717, 1.165) is 4.90 Å². The smallest absolute Gasteiger partial charge is 0.318 e. The highest BCUT2D eigenvalue weighted by atomic mass is 35.5. The second-order valence-corrected chi connectivity index (χ2v) is 6.67. The first-order valence-electron chi connectivity index (χ1n) is 6.43. The first-order valence-corrected chi connectivity index (χ1v) is 8.38. The van der Waals surface area contributed by atoms with Gasteiger partial charge in [-0.1, -0.05) is 46.6 Å². The predicted octanol–water partition coefficient (Wildman–Crippen LogP) is 5.56. The second kappa shape index (κ2) is 8.02. The topological polar surface area (TPSA) is 50.4 Å². The van der Waals surface area contributed by atoms with Crippen molar-refractivity contribution >= 4 is 58.3 Å². The van der Waals surface area contributed by atoms with E-state index in [0.29, 0.717) is 31.4 Å². The van der Waals surface area contributed by atoms with Crippen LogP contribution in [-0.2, 0) is 0 Å². The van der Waals surface area contributed by atoms with Gasteiger partial charge in [-0.2, -0.15) is 0 Å². The Bertz CT molecular complexity index is 718. The van der Waals surface area contributed by atoms with Crippen molar-refractivity contribution in [2.75, 3.05) is 19.5 Å². The summed E-state index contributed by atoms with van der Waals surface area (Å²) >= 11 is 20.0. The Kier molecular flexibility index (Phi) is 6.30. The zero-order chi connectivity index (χ0) is 17.0. The summed E-state index contributed by atoms with van der Waals surface area (Å²) in [6.07, 6.45) is 0. The Morgan fingerprint density at radius 1 is 1.13 bits per heavy atom. The van der Waals surface area contributed by atoms with Gasteiger partial charge in [-0.25, -0.2) is 4.79 Å². The maximum Gasteiger partial charge on any atom is 0.318 e. The van der Waals surface area contributed by atoms with Crippen molar-refractivity contribution in [2.24, 2.45) is 0 Å². The van der Waals surface area contributed by atoms with Crippen molar-refractivity contribution in [2.45, 2.75) is 9.79 Å². The molecular formula is C15H13Cl3N2O2S. The van der Waals surface area contributed by atoms with Crippen LogP contribution in [0, 0.1) is 0 Å². The molecule has 2 aromatic carbocycles. The normalized spacial score (nSPS) is 10.3. The van der Waals surface area contributed by atoms with Crippen LogP contribution in [0.15, 0.2) is 40.1 Å². The number of hydrogen-bond acceptors (Lipinski definition) is 3. The summed E-state index contributed by atoms with van der Waals surface area (Å²) in [7, 11) is 3.10. The summed E-state index contributed by atoms with van der Waals surface area (Å²) in [6, 6.07) is 8.19. The largest absolute Gasteiger partial charge is 0.496 e. The van der Waals surface area contributed by atoms with Gasteiger partial charge in [0, 0.05) is 22.7 Å². The van der Waals surface area contributed by atoms with Gasteiger partial charge < -0.3 is 15.4 Å². The monoisotopic (exact) mass is 390 g/mol. The van der Waals surface area contributed by atoms with Crippen molar-refractivity contribution in [1.82, 2.24) is 5.32 Å². The lowest BCUT2D eigenvalue weighted by molar-refractivity contribution is 0.254. The van der Waals surface area contributed by atoms with Crippen molar-refractivity contribution in [1.29, 1.82) is 0 Å². The highest BCUT2D eigenvalue weighted by Crippen LogP contribution is 2.44. The molecule has 0 aliphatic carbocycles. The second-order valence-electron chi connectivity index (χ2n) is 4.37. The first-order chi connectivity index (χ1) is 10.9. The predicted molar refractivity (Wildman–Crippen MR) is 96.7 cm³/mol. The van der Waals surface area contributed by atoms with Gasteiger partial charge in [-0.05, 0) is 30.3 Å². The fourth-order valence-corrected chi connectivity index (χ4v) is 3.69. The first kappa shape index (κ1) is 18.1. The lowest BCUT2D eigenvalue weighted by Gasteiger charge is -2.13. The van der Waals surface area contributed by atoms with Crippen LogP contribution in [0.2, 0.25) is 15.1 Å². The number of carbonyl (C=O) groups is 1. The van der Waals surface area contributed by atoms with E-state index in [4.69, 9.17) is 39.5 Å². The molecule has 0 atom stereocenters. The maximum atomic E-state index is 11.4. The number of ether oxygens (including phenoxy) is 1. The SMILES string of the molecule is CNC(=O)Nc1cc(Cl)c(Sc2cc(Cl)ccc2OC)c(Cl)c1. The molecule has 0 fully saturated rings. The van der Waals surface area contributed by atoms with Crippen LogP contribution < -0.4 is 15.4 Å². The van der Waals surface area contributed by atoms with Crippen LogP contribution in [0.25, 0.3) is 0 Å². The van der Waals surface area contributed by atoms with Gasteiger partial charge in [0.25, 0.3) is 0 Å². The number of nitrogens with one attached hydrogen (secondary N) is 2. The molecule has 4 nitrogen and oxygen atoms in total. The number of methoxy groups -OCH3 is 1. The molecule has 2 aromatic rings. The summed E-state index contributed by atoms with van der Waals surface area (Å²) in [4.78, 5) is 12.8. The molecule has 122 valence electrons. The Morgan fingerprint density at radius 2 is 1.78 bits per heavy atom. The van der Waals surface area contributed by atoms with Crippen LogP contribution in [0.1, 0.15) is 0 Å². The van der Waals surface area contributed by atoms with E-state index >= 15 is 0 Å². The van der Waals surface area contributed by atoms with Gasteiger partial charge in [0.15, 0.2) is 0 Å². The van der Waals surface area contributed by atoms with E-state index in [1.54, 1.807) is 37.4 Å². The van der Waals surface area contributed by atoms with E-state index in [9.17, 15) is 4.79 Å². The van der Waals surface area contributed by atoms with Gasteiger partial charge >= 0.3 is 6.03 Å². The van der Waals surface area contributed by atoms with Gasteiger partial charge in [0.1, 0.15) is 5.75 Å². The zero-order valence-corrected chi connectivity index (χ0v) is 15.3. The van der Waals surface area contributed by atoms with Crippen LogP contribution in [0.5, 0.6) is 5.75 Å². The summed E-state index contributed by atoms with van der Waals surface area (Å²) in [5.41, 5.74) is 0.502. The average Bonchev–Trinajstić information content (AvgIpc) is 2.51. The Hall–Kier alpha value is -1.27. The molecule has 0 spiro atoms. The lowest BCUT2D eigenvalue weighted by Crippen LogP contribution is -2.24. The van der Waals surface area contributed by atoms with Gasteiger partial charge in [-0.15, -0.1) is 0 Å². The third kappa shape index (κ3) is 4.61. The van der Waals surface area contributed by atoms with Gasteiger partial charge in [0.05, 0.1) is 22.1 Å². The van der Waals surface area contributed by atoms with Crippen LogP contribution in [0.3, 0.4) is 0 Å². The number of halogens is 3. The summed E-state index contributed by atoms with van der Waals surface area (Å²) in [5.74, 6) is 0.666. The minimum atomic E-state index is -0.353. The molecule has 0 radical (unpaired) electrons. The molecule has 0 bridgehead atoms. The minimum absolute atomic E-state index is 0.353. The molecule has 0 heterocycles. The molecule has 0 aromatic heterocycles. The van der Waals surface area contributed by atoms with Gasteiger partial charge in [-0.3, -0.25) is 0 Å². The number of carbonyl (C=O) groups excluding carboxylic acids is 1. The minimum Gasteiger partial charge on any atom is -0.496 e. The number of hydrogen-bond donors (Lipinski definition) is 2.